The van der Waals surface area contributed by atoms with Crippen LogP contribution >= 0.6 is 23.2 Å². The van der Waals surface area contributed by atoms with Crippen LogP contribution in [0, 0.1) is 6.92 Å². The fourth-order valence-corrected chi connectivity index (χ4v) is 3.17. The van der Waals surface area contributed by atoms with Crippen LogP contribution in [0.25, 0.3) is 0 Å². The summed E-state index contributed by atoms with van der Waals surface area (Å²) in [5.74, 6) is -0.138. The Morgan fingerprint density at radius 1 is 1.10 bits per heavy atom. The number of aromatic hydroxyl groups is 1. The molecule has 0 heterocycles. The minimum atomic E-state index is -3.84. The number of phenols is 1. The zero-order valence-corrected chi connectivity index (χ0v) is 12.7. The third-order valence-electron chi connectivity index (χ3n) is 2.62. The van der Waals surface area contributed by atoms with Crippen molar-refractivity contribution in [1.82, 2.24) is 0 Å². The van der Waals surface area contributed by atoms with Gasteiger partial charge in [-0.2, -0.15) is 0 Å². The fraction of sp³-hybridized carbons (Fsp3) is 0.0769. The highest BCUT2D eigenvalue weighted by atomic mass is 35.5. The molecule has 0 saturated heterocycles. The SMILES string of the molecule is Cc1cc(Cl)c(NS(=O)(=O)c2cccc(O)c2)cc1Cl. The molecule has 4 nitrogen and oxygen atoms in total. The number of benzene rings is 2. The van der Waals surface area contributed by atoms with E-state index in [1.54, 1.807) is 13.0 Å². The number of anilines is 1. The molecule has 2 rings (SSSR count). The number of hydrogen-bond donors (Lipinski definition) is 2. The molecule has 0 bridgehead atoms. The van der Waals surface area contributed by atoms with Gasteiger partial charge in [0.05, 0.1) is 15.6 Å². The molecule has 0 aliphatic carbocycles. The average molecular weight is 332 g/mol. The Morgan fingerprint density at radius 2 is 1.80 bits per heavy atom. The minimum absolute atomic E-state index is 0.0646. The van der Waals surface area contributed by atoms with Crippen LogP contribution in [0.15, 0.2) is 41.3 Å². The quantitative estimate of drug-likeness (QED) is 0.898. The number of hydrogen-bond acceptors (Lipinski definition) is 3. The summed E-state index contributed by atoms with van der Waals surface area (Å²) in [7, 11) is -3.84. The first-order chi connectivity index (χ1) is 9.29. The molecule has 0 fully saturated rings. The van der Waals surface area contributed by atoms with E-state index >= 15 is 0 Å². The van der Waals surface area contributed by atoms with Gasteiger partial charge in [0, 0.05) is 11.1 Å². The van der Waals surface area contributed by atoms with Gasteiger partial charge in [0.25, 0.3) is 10.0 Å². The van der Waals surface area contributed by atoms with Gasteiger partial charge in [-0.05, 0) is 36.8 Å². The lowest BCUT2D eigenvalue weighted by atomic mass is 10.2. The van der Waals surface area contributed by atoms with Gasteiger partial charge >= 0.3 is 0 Å². The van der Waals surface area contributed by atoms with Crippen molar-refractivity contribution in [2.45, 2.75) is 11.8 Å². The molecule has 0 spiro atoms. The van der Waals surface area contributed by atoms with Gasteiger partial charge < -0.3 is 5.11 Å². The zero-order valence-electron chi connectivity index (χ0n) is 10.4. The maximum atomic E-state index is 12.2. The summed E-state index contributed by atoms with van der Waals surface area (Å²) in [6, 6.07) is 8.35. The van der Waals surface area contributed by atoms with Gasteiger partial charge in [0.15, 0.2) is 0 Å². The first kappa shape index (κ1) is 15.0. The lowest BCUT2D eigenvalue weighted by molar-refractivity contribution is 0.473. The van der Waals surface area contributed by atoms with Crippen molar-refractivity contribution in [2.24, 2.45) is 0 Å². The molecule has 0 aromatic heterocycles. The van der Waals surface area contributed by atoms with Gasteiger partial charge in [-0.25, -0.2) is 8.42 Å². The average Bonchev–Trinajstić information content (AvgIpc) is 2.36. The van der Waals surface area contributed by atoms with Crippen molar-refractivity contribution in [3.8, 4) is 5.75 Å². The fourth-order valence-electron chi connectivity index (χ4n) is 1.58. The molecule has 0 aliphatic heterocycles. The van der Waals surface area contributed by atoms with Crippen molar-refractivity contribution >= 4 is 38.9 Å². The number of aryl methyl sites for hydroxylation is 1. The lowest BCUT2D eigenvalue weighted by Crippen LogP contribution is -2.13. The molecular weight excluding hydrogens is 321 g/mol. The molecule has 7 heteroatoms. The van der Waals surface area contributed by atoms with Crippen LogP contribution in [0.5, 0.6) is 5.75 Å². The third-order valence-corrected chi connectivity index (χ3v) is 4.70. The minimum Gasteiger partial charge on any atom is -0.508 e. The number of nitrogens with one attached hydrogen (secondary N) is 1. The highest BCUT2D eigenvalue weighted by Crippen LogP contribution is 2.30. The van der Waals surface area contributed by atoms with E-state index in [-0.39, 0.29) is 21.4 Å². The number of phenolic OH excluding ortho intramolecular Hbond substituents is 1. The molecule has 2 aromatic carbocycles. The van der Waals surface area contributed by atoms with Gasteiger partial charge in [-0.15, -0.1) is 0 Å². The zero-order chi connectivity index (χ0) is 14.9. The summed E-state index contributed by atoms with van der Waals surface area (Å²) in [5, 5.41) is 9.99. The van der Waals surface area contributed by atoms with Crippen molar-refractivity contribution < 1.29 is 13.5 Å². The van der Waals surface area contributed by atoms with Gasteiger partial charge in [-0.3, -0.25) is 4.72 Å². The molecular formula is C13H11Cl2NO3S. The van der Waals surface area contributed by atoms with E-state index in [1.807, 2.05) is 0 Å². The summed E-state index contributed by atoms with van der Waals surface area (Å²) >= 11 is 11.9. The second kappa shape index (κ2) is 5.52. The van der Waals surface area contributed by atoms with Crippen LogP contribution in [-0.2, 0) is 10.0 Å². The van der Waals surface area contributed by atoms with E-state index < -0.39 is 10.0 Å². The Morgan fingerprint density at radius 3 is 2.45 bits per heavy atom. The Kier molecular flexibility index (Phi) is 4.13. The Labute approximate surface area is 127 Å². The second-order valence-electron chi connectivity index (χ2n) is 4.18. The van der Waals surface area contributed by atoms with Crippen LogP contribution in [-0.4, -0.2) is 13.5 Å². The number of halogens is 2. The maximum Gasteiger partial charge on any atom is 0.262 e. The van der Waals surface area contributed by atoms with Crippen LogP contribution in [0.3, 0.4) is 0 Å². The molecule has 20 heavy (non-hydrogen) atoms. The largest absolute Gasteiger partial charge is 0.508 e. The molecule has 0 amide bonds. The molecule has 2 aromatic rings. The Hall–Kier alpha value is -1.43. The number of rotatable bonds is 3. The van der Waals surface area contributed by atoms with E-state index in [0.29, 0.717) is 5.02 Å². The smallest absolute Gasteiger partial charge is 0.262 e. The van der Waals surface area contributed by atoms with Gasteiger partial charge in [0.2, 0.25) is 0 Å². The van der Waals surface area contributed by atoms with Crippen molar-refractivity contribution in [3.05, 3.63) is 52.0 Å². The van der Waals surface area contributed by atoms with E-state index in [0.717, 1.165) is 11.6 Å². The summed E-state index contributed by atoms with van der Waals surface area (Å²) in [6.07, 6.45) is 0. The molecule has 0 atom stereocenters. The molecule has 0 saturated carbocycles. The maximum absolute atomic E-state index is 12.2. The summed E-state index contributed by atoms with van der Waals surface area (Å²) in [5.41, 5.74) is 0.933. The predicted octanol–water partition coefficient (Wildman–Crippen LogP) is 3.81. The summed E-state index contributed by atoms with van der Waals surface area (Å²) in [6.45, 7) is 1.77. The lowest BCUT2D eigenvalue weighted by Gasteiger charge is -2.11. The van der Waals surface area contributed by atoms with Gasteiger partial charge in [-0.1, -0.05) is 29.3 Å². The molecule has 2 N–H and O–H groups in total. The molecule has 0 radical (unpaired) electrons. The van der Waals surface area contributed by atoms with Gasteiger partial charge in [0.1, 0.15) is 5.75 Å². The number of sulfonamides is 1. The first-order valence-corrected chi connectivity index (χ1v) is 7.81. The van der Waals surface area contributed by atoms with Crippen LogP contribution in [0.2, 0.25) is 10.0 Å². The van der Waals surface area contributed by atoms with Crippen LogP contribution in [0.1, 0.15) is 5.56 Å². The normalized spacial score (nSPS) is 11.3. The monoisotopic (exact) mass is 331 g/mol. The Bertz CT molecular complexity index is 760. The molecule has 0 unspecified atom stereocenters. The topological polar surface area (TPSA) is 66.4 Å². The Balaban J connectivity index is 2.41. The van der Waals surface area contributed by atoms with Crippen molar-refractivity contribution in [1.29, 1.82) is 0 Å². The first-order valence-electron chi connectivity index (χ1n) is 5.57. The van der Waals surface area contributed by atoms with Crippen molar-refractivity contribution in [2.75, 3.05) is 4.72 Å². The third kappa shape index (κ3) is 3.17. The highest BCUT2D eigenvalue weighted by molar-refractivity contribution is 7.92. The van der Waals surface area contributed by atoms with Crippen molar-refractivity contribution in [3.63, 3.8) is 0 Å². The summed E-state index contributed by atoms with van der Waals surface area (Å²) < 4.78 is 26.7. The van der Waals surface area contributed by atoms with Crippen LogP contribution < -0.4 is 4.72 Å². The predicted molar refractivity (Wildman–Crippen MR) is 80.1 cm³/mol. The summed E-state index contributed by atoms with van der Waals surface area (Å²) in [4.78, 5) is -0.0646. The standard InChI is InChI=1S/C13H11Cl2NO3S/c1-8-5-12(15)13(7-11(8)14)16-20(18,19)10-4-2-3-9(17)6-10/h2-7,16-17H,1H3. The van der Waals surface area contributed by atoms with E-state index in [1.165, 1.54) is 24.3 Å². The molecule has 0 aliphatic rings. The van der Waals surface area contributed by atoms with E-state index in [4.69, 9.17) is 23.2 Å². The second-order valence-corrected chi connectivity index (χ2v) is 6.68. The van der Waals surface area contributed by atoms with E-state index in [9.17, 15) is 13.5 Å². The highest BCUT2D eigenvalue weighted by Gasteiger charge is 2.17. The molecule has 106 valence electrons. The van der Waals surface area contributed by atoms with E-state index in [2.05, 4.69) is 4.72 Å². The van der Waals surface area contributed by atoms with Crippen LogP contribution in [0.4, 0.5) is 5.69 Å².